The van der Waals surface area contributed by atoms with Crippen LogP contribution >= 0.6 is 0 Å². The van der Waals surface area contributed by atoms with E-state index in [1.54, 1.807) is 13.2 Å². The van der Waals surface area contributed by atoms with Gasteiger partial charge in [-0.2, -0.15) is 0 Å². The Hall–Kier alpha value is -1.92. The van der Waals surface area contributed by atoms with Crippen LogP contribution in [0.25, 0.3) is 0 Å². The molecule has 6 heteroatoms. The summed E-state index contributed by atoms with van der Waals surface area (Å²) in [5.41, 5.74) is 7.38. The highest BCUT2D eigenvalue weighted by molar-refractivity contribution is 5.97. The highest BCUT2D eigenvalue weighted by Gasteiger charge is 2.71. The number of piperidine rings is 1. The number of hydrogen-bond acceptors (Lipinski definition) is 4. The number of hydrogen-bond donors (Lipinski definition) is 1. The Morgan fingerprint density at radius 3 is 2.67 bits per heavy atom. The molecule has 1 aromatic carbocycles. The number of nitrogens with two attached hydrogens (primary N) is 1. The number of likely N-dealkylation sites (N-methyl/N-ethyl adjacent to an activating group) is 1. The number of carbonyl (C=O) groups excluding carboxylic acids is 2. The highest BCUT2D eigenvalue weighted by Crippen LogP contribution is 2.62. The number of nitrogens with zero attached hydrogens (tertiary/aromatic N) is 1. The van der Waals surface area contributed by atoms with Crippen LogP contribution in [-0.4, -0.2) is 62.2 Å². The maximum Gasteiger partial charge on any atom is 0.252 e. The third-order valence-electron chi connectivity index (χ3n) is 8.77. The molecule has 3 aliphatic carbocycles. The number of rotatable bonds is 5. The van der Waals surface area contributed by atoms with Gasteiger partial charge in [0.1, 0.15) is 23.2 Å². The van der Waals surface area contributed by atoms with Gasteiger partial charge in [-0.1, -0.05) is 6.07 Å². The van der Waals surface area contributed by atoms with Crippen molar-refractivity contribution in [3.8, 4) is 5.75 Å². The summed E-state index contributed by atoms with van der Waals surface area (Å²) in [6.45, 7) is 2.20. The number of quaternary nitrogens is 1. The summed E-state index contributed by atoms with van der Waals surface area (Å²) in [5.74, 6) is 1.14. The van der Waals surface area contributed by atoms with Gasteiger partial charge >= 0.3 is 0 Å². The van der Waals surface area contributed by atoms with Crippen molar-refractivity contribution >= 4 is 11.7 Å². The number of benzene rings is 1. The number of carbonyl (C=O) groups is 2. The van der Waals surface area contributed by atoms with Gasteiger partial charge in [-0.05, 0) is 30.9 Å². The number of fused-ring (bicyclic) bond motifs is 1. The van der Waals surface area contributed by atoms with Crippen LogP contribution in [0, 0.1) is 5.92 Å². The highest BCUT2D eigenvalue weighted by atomic mass is 16.5. The average Bonchev–Trinajstić information content (AvgIpc) is 3.53. The molecular weight excluding hydrogens is 380 g/mol. The molecule has 4 atom stereocenters. The van der Waals surface area contributed by atoms with Gasteiger partial charge in [-0.25, -0.2) is 0 Å². The molecule has 1 aliphatic heterocycles. The Labute approximate surface area is 178 Å². The summed E-state index contributed by atoms with van der Waals surface area (Å²) in [6, 6.07) is 4.13. The van der Waals surface area contributed by atoms with Crippen LogP contribution in [-0.2, 0) is 21.4 Å². The number of Topliss-reactive ketones (excluding diaryl/α,β-unsaturated/α-hetero) is 1. The smallest absolute Gasteiger partial charge is 0.252 e. The van der Waals surface area contributed by atoms with E-state index in [0.717, 1.165) is 41.8 Å². The van der Waals surface area contributed by atoms with Crippen molar-refractivity contribution in [2.75, 3.05) is 34.4 Å². The molecule has 2 unspecified atom stereocenters. The lowest BCUT2D eigenvalue weighted by Gasteiger charge is -2.66. The minimum Gasteiger partial charge on any atom is -0.496 e. The molecule has 162 valence electrons. The van der Waals surface area contributed by atoms with E-state index in [2.05, 4.69) is 7.05 Å². The van der Waals surface area contributed by atoms with Crippen LogP contribution < -0.4 is 10.5 Å². The molecule has 2 saturated carbocycles. The van der Waals surface area contributed by atoms with Crippen LogP contribution in [0.5, 0.6) is 5.75 Å². The fourth-order valence-corrected chi connectivity index (χ4v) is 7.32. The van der Waals surface area contributed by atoms with E-state index < -0.39 is 16.9 Å². The SMILES string of the molecule is COc1c(C(N)=O)ccc2c1C13CC[N@@+](C)(CC4CC4)C(C2)[C@]1(OC)CCC(=O)C3. The zero-order valence-corrected chi connectivity index (χ0v) is 18.3. The zero-order valence-electron chi connectivity index (χ0n) is 18.3. The second kappa shape index (κ2) is 6.54. The van der Waals surface area contributed by atoms with E-state index in [1.807, 2.05) is 13.2 Å². The first-order valence-electron chi connectivity index (χ1n) is 11.2. The monoisotopic (exact) mass is 413 g/mol. The molecular formula is C24H33N2O4+. The summed E-state index contributed by atoms with van der Waals surface area (Å²) in [6.07, 6.45) is 6.13. The lowest BCUT2D eigenvalue weighted by molar-refractivity contribution is -0.950. The first-order valence-corrected chi connectivity index (χ1v) is 11.2. The number of methoxy groups -OCH3 is 2. The summed E-state index contributed by atoms with van der Waals surface area (Å²) < 4.78 is 13.3. The van der Waals surface area contributed by atoms with Crippen molar-refractivity contribution in [2.24, 2.45) is 11.7 Å². The van der Waals surface area contributed by atoms with Crippen molar-refractivity contribution in [2.45, 2.75) is 62.0 Å². The minimum atomic E-state index is -0.497. The van der Waals surface area contributed by atoms with E-state index in [-0.39, 0.29) is 5.78 Å². The number of primary amides is 1. The molecule has 1 heterocycles. The minimum absolute atomic E-state index is 0.277. The molecule has 2 N–H and O–H groups in total. The molecule has 0 aromatic heterocycles. The Bertz CT molecular complexity index is 926. The molecule has 1 aromatic rings. The number of ketones is 1. The lowest BCUT2D eigenvalue weighted by Crippen LogP contribution is -2.79. The number of amides is 1. The van der Waals surface area contributed by atoms with Gasteiger partial charge in [0, 0.05) is 49.7 Å². The van der Waals surface area contributed by atoms with Crippen molar-refractivity contribution < 1.29 is 23.5 Å². The predicted molar refractivity (Wildman–Crippen MR) is 113 cm³/mol. The van der Waals surface area contributed by atoms with Crippen molar-refractivity contribution in [3.05, 3.63) is 28.8 Å². The van der Waals surface area contributed by atoms with E-state index in [9.17, 15) is 9.59 Å². The van der Waals surface area contributed by atoms with Gasteiger partial charge in [0.05, 0.1) is 32.8 Å². The topological polar surface area (TPSA) is 78.6 Å². The first kappa shape index (κ1) is 20.0. The molecule has 2 bridgehead atoms. The zero-order chi connectivity index (χ0) is 21.3. The van der Waals surface area contributed by atoms with E-state index in [1.165, 1.54) is 24.9 Å². The Morgan fingerprint density at radius 1 is 1.27 bits per heavy atom. The number of likely N-dealkylation sites (tertiary alicyclic amines) is 1. The molecule has 0 spiro atoms. The van der Waals surface area contributed by atoms with Crippen molar-refractivity contribution in [1.29, 1.82) is 0 Å². The van der Waals surface area contributed by atoms with Gasteiger partial charge in [0.2, 0.25) is 0 Å². The van der Waals surface area contributed by atoms with Crippen molar-refractivity contribution in [3.63, 3.8) is 0 Å². The lowest BCUT2D eigenvalue weighted by atomic mass is 9.48. The molecule has 4 aliphatic rings. The van der Waals surface area contributed by atoms with E-state index in [4.69, 9.17) is 15.2 Å². The fourth-order valence-electron chi connectivity index (χ4n) is 7.32. The number of ether oxygens (including phenoxy) is 2. The van der Waals surface area contributed by atoms with E-state index in [0.29, 0.717) is 30.2 Å². The molecule has 6 nitrogen and oxygen atoms in total. The molecule has 30 heavy (non-hydrogen) atoms. The van der Waals surface area contributed by atoms with Crippen LogP contribution in [0.15, 0.2) is 12.1 Å². The molecule has 1 saturated heterocycles. The average molecular weight is 414 g/mol. The second-order valence-electron chi connectivity index (χ2n) is 10.2. The maximum atomic E-state index is 12.9. The van der Waals surface area contributed by atoms with Gasteiger partial charge in [-0.3, -0.25) is 9.59 Å². The van der Waals surface area contributed by atoms with Crippen LogP contribution in [0.3, 0.4) is 0 Å². The molecule has 1 amide bonds. The first-order chi connectivity index (χ1) is 14.3. The third kappa shape index (κ3) is 2.50. The van der Waals surface area contributed by atoms with E-state index >= 15 is 0 Å². The fraction of sp³-hybridized carbons (Fsp3) is 0.667. The molecule has 0 radical (unpaired) electrons. The van der Waals surface area contributed by atoms with Crippen molar-refractivity contribution in [1.82, 2.24) is 0 Å². The van der Waals surface area contributed by atoms with Gasteiger partial charge in [0.25, 0.3) is 5.91 Å². The summed E-state index contributed by atoms with van der Waals surface area (Å²) in [4.78, 5) is 25.0. The normalized spacial score (nSPS) is 37.3. The standard InChI is InChI=1S/C24H32N2O4/c1-26(14-15-4-5-15)11-10-23-13-17(27)8-9-24(23,30-3)19(26)12-16-6-7-18(22(25)28)21(29-2)20(16)23/h6-7,15,19H,4-5,8-14H2,1-3H3,(H-,25,28)/p+1/t19?,23?,24-,26+/m1/s1. The van der Waals surface area contributed by atoms with Gasteiger partial charge in [-0.15, -0.1) is 0 Å². The summed E-state index contributed by atoms with van der Waals surface area (Å²) >= 11 is 0. The van der Waals surface area contributed by atoms with Crippen LogP contribution in [0.2, 0.25) is 0 Å². The molecule has 5 rings (SSSR count). The third-order valence-corrected chi connectivity index (χ3v) is 8.77. The van der Waals surface area contributed by atoms with Gasteiger partial charge in [0.15, 0.2) is 0 Å². The quantitative estimate of drug-likeness (QED) is 0.752. The van der Waals surface area contributed by atoms with Gasteiger partial charge < -0.3 is 19.7 Å². The van der Waals surface area contributed by atoms with Crippen LogP contribution in [0.1, 0.15) is 60.0 Å². The summed E-state index contributed by atoms with van der Waals surface area (Å²) in [5, 5.41) is 0. The molecule has 3 fully saturated rings. The Balaban J connectivity index is 1.77. The summed E-state index contributed by atoms with van der Waals surface area (Å²) in [7, 11) is 5.81. The largest absolute Gasteiger partial charge is 0.496 e. The predicted octanol–water partition coefficient (Wildman–Crippen LogP) is 2.36. The Morgan fingerprint density at radius 2 is 2.03 bits per heavy atom. The Kier molecular flexibility index (Phi) is 4.36. The second-order valence-corrected chi connectivity index (χ2v) is 10.2. The maximum absolute atomic E-state index is 12.9. The van der Waals surface area contributed by atoms with Crippen LogP contribution in [0.4, 0.5) is 0 Å².